The standard InChI is InChI=1S/C18H34N2O2/c1-19(2,10-6-12-21)15-17-8-5-9-18(14-17)16-20(3,4)11-7-13-22/h5,8-9,14,21-22H,6-7,10-13,15-16H2,1-4H3/q+2. The van der Waals surface area contributed by atoms with Crippen molar-refractivity contribution < 1.29 is 19.2 Å². The van der Waals surface area contributed by atoms with Crippen molar-refractivity contribution in [1.29, 1.82) is 0 Å². The lowest BCUT2D eigenvalue weighted by Gasteiger charge is -2.31. The summed E-state index contributed by atoms with van der Waals surface area (Å²) in [7, 11) is 8.85. The van der Waals surface area contributed by atoms with E-state index in [4.69, 9.17) is 10.2 Å². The first kappa shape index (κ1) is 19.1. The maximum absolute atomic E-state index is 9.01. The molecule has 126 valence electrons. The summed E-state index contributed by atoms with van der Waals surface area (Å²) < 4.78 is 1.79. The molecule has 1 aromatic rings. The van der Waals surface area contributed by atoms with E-state index in [-0.39, 0.29) is 13.2 Å². The molecule has 2 N–H and O–H groups in total. The molecule has 0 radical (unpaired) electrons. The van der Waals surface area contributed by atoms with Crippen LogP contribution in [0.5, 0.6) is 0 Å². The fraction of sp³-hybridized carbons (Fsp3) is 0.667. The fourth-order valence-corrected chi connectivity index (χ4v) is 2.97. The number of hydrogen-bond acceptors (Lipinski definition) is 2. The number of benzene rings is 1. The zero-order chi connectivity index (χ0) is 16.6. The van der Waals surface area contributed by atoms with Crippen LogP contribution in [0.15, 0.2) is 24.3 Å². The van der Waals surface area contributed by atoms with Crippen molar-refractivity contribution in [3.05, 3.63) is 35.4 Å². The molecule has 0 atom stereocenters. The molecular formula is C18H34N2O2+2. The lowest BCUT2D eigenvalue weighted by Crippen LogP contribution is -2.40. The second kappa shape index (κ2) is 8.63. The Morgan fingerprint density at radius 2 is 1.18 bits per heavy atom. The highest BCUT2D eigenvalue weighted by Crippen LogP contribution is 2.15. The van der Waals surface area contributed by atoms with E-state index in [2.05, 4.69) is 52.5 Å². The molecule has 0 aliphatic rings. The first-order valence-electron chi connectivity index (χ1n) is 8.21. The average Bonchev–Trinajstić information content (AvgIpc) is 2.42. The second-order valence-corrected chi connectivity index (χ2v) is 7.61. The molecule has 0 spiro atoms. The highest BCUT2D eigenvalue weighted by Gasteiger charge is 2.18. The lowest BCUT2D eigenvalue weighted by molar-refractivity contribution is -0.904. The topological polar surface area (TPSA) is 40.5 Å². The Hall–Kier alpha value is -0.940. The summed E-state index contributed by atoms with van der Waals surface area (Å²) in [4.78, 5) is 0. The van der Waals surface area contributed by atoms with Crippen molar-refractivity contribution in [2.45, 2.75) is 25.9 Å². The van der Waals surface area contributed by atoms with E-state index < -0.39 is 0 Å². The van der Waals surface area contributed by atoms with Gasteiger partial charge in [-0.05, 0) is 6.07 Å². The van der Waals surface area contributed by atoms with Gasteiger partial charge in [-0.15, -0.1) is 0 Å². The monoisotopic (exact) mass is 310 g/mol. The minimum atomic E-state index is 0.262. The molecule has 22 heavy (non-hydrogen) atoms. The van der Waals surface area contributed by atoms with E-state index in [1.165, 1.54) is 11.1 Å². The molecule has 1 aromatic carbocycles. The molecule has 0 unspecified atom stereocenters. The van der Waals surface area contributed by atoms with Gasteiger partial charge in [-0.2, -0.15) is 0 Å². The summed E-state index contributed by atoms with van der Waals surface area (Å²) in [5.41, 5.74) is 2.70. The van der Waals surface area contributed by atoms with Gasteiger partial charge in [-0.25, -0.2) is 0 Å². The number of aliphatic hydroxyl groups excluding tert-OH is 2. The Kier molecular flexibility index (Phi) is 7.49. The van der Waals surface area contributed by atoms with Crippen molar-refractivity contribution >= 4 is 0 Å². The number of aliphatic hydroxyl groups is 2. The SMILES string of the molecule is C[N+](C)(CCCO)Cc1cccc(C[N+](C)(C)CCCO)c1. The van der Waals surface area contributed by atoms with Crippen molar-refractivity contribution in [3.8, 4) is 0 Å². The van der Waals surface area contributed by atoms with Crippen LogP contribution in [-0.2, 0) is 13.1 Å². The van der Waals surface area contributed by atoms with Gasteiger partial charge in [-0.1, -0.05) is 18.2 Å². The maximum Gasteiger partial charge on any atom is 0.104 e. The molecular weight excluding hydrogens is 276 g/mol. The van der Waals surface area contributed by atoms with Crippen molar-refractivity contribution in [2.24, 2.45) is 0 Å². The van der Waals surface area contributed by atoms with Gasteiger partial charge in [0, 0.05) is 37.2 Å². The highest BCUT2D eigenvalue weighted by molar-refractivity contribution is 5.22. The van der Waals surface area contributed by atoms with E-state index in [0.29, 0.717) is 0 Å². The first-order valence-corrected chi connectivity index (χ1v) is 8.21. The zero-order valence-electron chi connectivity index (χ0n) is 14.8. The second-order valence-electron chi connectivity index (χ2n) is 7.61. The average molecular weight is 310 g/mol. The van der Waals surface area contributed by atoms with Gasteiger partial charge in [0.2, 0.25) is 0 Å². The van der Waals surface area contributed by atoms with Crippen molar-refractivity contribution in [1.82, 2.24) is 0 Å². The van der Waals surface area contributed by atoms with E-state index >= 15 is 0 Å². The quantitative estimate of drug-likeness (QED) is 0.645. The number of nitrogens with zero attached hydrogens (tertiary/aromatic N) is 2. The number of rotatable bonds is 10. The summed E-state index contributed by atoms with van der Waals surface area (Å²) in [6, 6.07) is 8.83. The molecule has 0 aliphatic carbocycles. The van der Waals surface area contributed by atoms with Crippen LogP contribution in [0.2, 0.25) is 0 Å². The lowest BCUT2D eigenvalue weighted by atomic mass is 10.1. The Bertz CT molecular complexity index is 407. The third-order valence-electron chi connectivity index (χ3n) is 4.06. The van der Waals surface area contributed by atoms with Crippen molar-refractivity contribution in [3.63, 3.8) is 0 Å². The molecule has 0 fully saturated rings. The van der Waals surface area contributed by atoms with Crippen LogP contribution in [0.4, 0.5) is 0 Å². The van der Waals surface area contributed by atoms with Gasteiger partial charge in [0.15, 0.2) is 0 Å². The number of hydrogen-bond donors (Lipinski definition) is 2. The van der Waals surface area contributed by atoms with Crippen LogP contribution in [0, 0.1) is 0 Å². The van der Waals surface area contributed by atoms with Gasteiger partial charge in [0.1, 0.15) is 13.1 Å². The predicted molar refractivity (Wildman–Crippen MR) is 91.2 cm³/mol. The van der Waals surface area contributed by atoms with E-state index in [1.54, 1.807) is 0 Å². The fourth-order valence-electron chi connectivity index (χ4n) is 2.97. The van der Waals surface area contributed by atoms with Crippen LogP contribution in [0.3, 0.4) is 0 Å². The Balaban J connectivity index is 2.69. The maximum atomic E-state index is 9.01. The van der Waals surface area contributed by atoms with E-state index in [1.807, 2.05) is 0 Å². The summed E-state index contributed by atoms with van der Waals surface area (Å²) in [5, 5.41) is 18.0. The molecule has 0 bridgehead atoms. The minimum Gasteiger partial charge on any atom is -0.396 e. The van der Waals surface area contributed by atoms with Crippen LogP contribution in [-0.4, -0.2) is 73.7 Å². The molecule has 0 saturated heterocycles. The molecule has 1 rings (SSSR count). The highest BCUT2D eigenvalue weighted by atomic mass is 16.3. The molecule has 0 aromatic heterocycles. The summed E-state index contributed by atoms with van der Waals surface area (Å²) >= 11 is 0. The number of quaternary nitrogens is 2. The molecule has 0 heterocycles. The molecule has 0 aliphatic heterocycles. The van der Waals surface area contributed by atoms with Gasteiger partial charge >= 0.3 is 0 Å². The third kappa shape index (κ3) is 7.36. The normalized spacial score (nSPS) is 12.6. The van der Waals surface area contributed by atoms with E-state index in [0.717, 1.165) is 48.0 Å². The van der Waals surface area contributed by atoms with Crippen molar-refractivity contribution in [2.75, 3.05) is 54.5 Å². The third-order valence-corrected chi connectivity index (χ3v) is 4.06. The Morgan fingerprint density at radius 1 is 0.773 bits per heavy atom. The van der Waals surface area contributed by atoms with Gasteiger partial charge in [0.05, 0.1) is 41.3 Å². The van der Waals surface area contributed by atoms with E-state index in [9.17, 15) is 0 Å². The molecule has 4 nitrogen and oxygen atoms in total. The van der Waals surface area contributed by atoms with Crippen LogP contribution in [0.1, 0.15) is 24.0 Å². The summed E-state index contributed by atoms with van der Waals surface area (Å²) in [5.74, 6) is 0. The Morgan fingerprint density at radius 3 is 1.55 bits per heavy atom. The summed E-state index contributed by atoms with van der Waals surface area (Å²) in [6.07, 6.45) is 1.69. The van der Waals surface area contributed by atoms with Crippen LogP contribution >= 0.6 is 0 Å². The predicted octanol–water partition coefficient (Wildman–Crippen LogP) is 1.60. The zero-order valence-corrected chi connectivity index (χ0v) is 14.8. The van der Waals surface area contributed by atoms with Gasteiger partial charge in [-0.3, -0.25) is 0 Å². The van der Waals surface area contributed by atoms with Crippen LogP contribution in [0.25, 0.3) is 0 Å². The largest absolute Gasteiger partial charge is 0.396 e. The van der Waals surface area contributed by atoms with Gasteiger partial charge in [0.25, 0.3) is 0 Å². The van der Waals surface area contributed by atoms with Gasteiger partial charge < -0.3 is 19.2 Å². The first-order chi connectivity index (χ1) is 10.3. The Labute approximate surface area is 135 Å². The van der Waals surface area contributed by atoms with Crippen LogP contribution < -0.4 is 0 Å². The smallest absolute Gasteiger partial charge is 0.104 e. The molecule has 0 saturated carbocycles. The molecule has 0 amide bonds. The summed E-state index contributed by atoms with van der Waals surface area (Å²) in [6.45, 7) is 4.46. The molecule has 4 heteroatoms. The minimum absolute atomic E-state index is 0.262.